The van der Waals surface area contributed by atoms with Gasteiger partial charge in [0, 0.05) is 10.3 Å². The quantitative estimate of drug-likeness (QED) is 0.454. The van der Waals surface area contributed by atoms with Gasteiger partial charge in [-0.05, 0) is 37.4 Å². The number of ketones is 1. The Morgan fingerprint density at radius 2 is 1.92 bits per heavy atom. The van der Waals surface area contributed by atoms with Gasteiger partial charge < -0.3 is 4.74 Å². The molecule has 0 spiro atoms. The number of hydrogen-bond donors (Lipinski definition) is 0. The van der Waals surface area contributed by atoms with Crippen LogP contribution in [-0.2, 0) is 4.74 Å². The fourth-order valence-corrected chi connectivity index (χ4v) is 2.72. The van der Waals surface area contributed by atoms with Crippen molar-refractivity contribution in [1.82, 2.24) is 9.78 Å². The van der Waals surface area contributed by atoms with Crippen molar-refractivity contribution in [3.8, 4) is 5.69 Å². The third-order valence-electron chi connectivity index (χ3n) is 3.62. The predicted octanol–water partition coefficient (Wildman–Crippen LogP) is 3.36. The van der Waals surface area contributed by atoms with E-state index in [1.165, 1.54) is 17.8 Å². The molecule has 2 rings (SSSR count). The lowest BCUT2D eigenvalue weighted by atomic mass is 9.88. The van der Waals surface area contributed by atoms with E-state index in [4.69, 9.17) is 4.74 Å². The van der Waals surface area contributed by atoms with Crippen molar-refractivity contribution in [3.05, 3.63) is 51.9 Å². The number of nitrogens with zero attached hydrogens (tertiary/aromatic N) is 2. The van der Waals surface area contributed by atoms with Crippen molar-refractivity contribution in [2.45, 2.75) is 32.6 Å². The molecule has 1 aromatic heterocycles. The molecule has 0 N–H and O–H groups in total. The Bertz CT molecular complexity index is 897. The van der Waals surface area contributed by atoms with E-state index in [1.54, 1.807) is 45.9 Å². The number of aromatic nitrogens is 2. The number of esters is 1. The summed E-state index contributed by atoms with van der Waals surface area (Å²) in [6.45, 7) is 7.05. The van der Waals surface area contributed by atoms with Gasteiger partial charge in [-0.3, -0.25) is 9.59 Å². The van der Waals surface area contributed by atoms with Gasteiger partial charge in [-0.25, -0.2) is 4.79 Å². The van der Waals surface area contributed by atoms with Crippen LogP contribution in [0.5, 0.6) is 0 Å². The van der Waals surface area contributed by atoms with Crippen LogP contribution < -0.4 is 5.56 Å². The summed E-state index contributed by atoms with van der Waals surface area (Å²) in [5, 5.41) is 4.23. The second-order valence-corrected chi connectivity index (χ2v) is 7.54. The minimum absolute atomic E-state index is 0.0507. The van der Waals surface area contributed by atoms with Crippen molar-refractivity contribution in [2.75, 3.05) is 12.9 Å². The van der Waals surface area contributed by atoms with Gasteiger partial charge in [0.25, 0.3) is 5.56 Å². The maximum Gasteiger partial charge on any atom is 0.343 e. The summed E-state index contributed by atoms with van der Waals surface area (Å²) in [4.78, 5) is 38.6. The largest absolute Gasteiger partial charge is 0.462 e. The standard InChI is InChI=1S/C19H22N2O4S/c1-6-25-18(24)14-11-15(16(22)19(2,3)4)20-21(17(14)23)12-8-7-9-13(10-12)26-5/h7-11H,6H2,1-5H3. The Kier molecular flexibility index (Phi) is 6.02. The van der Waals surface area contributed by atoms with Crippen LogP contribution in [0.4, 0.5) is 0 Å². The van der Waals surface area contributed by atoms with E-state index in [0.29, 0.717) is 5.69 Å². The number of carbonyl (C=O) groups excluding carboxylic acids is 2. The van der Waals surface area contributed by atoms with Crippen LogP contribution in [0.1, 0.15) is 48.5 Å². The Hall–Kier alpha value is -2.41. The average molecular weight is 374 g/mol. The zero-order valence-corrected chi connectivity index (χ0v) is 16.3. The van der Waals surface area contributed by atoms with Crippen molar-refractivity contribution in [2.24, 2.45) is 5.41 Å². The Morgan fingerprint density at radius 3 is 2.50 bits per heavy atom. The summed E-state index contributed by atoms with van der Waals surface area (Å²) >= 11 is 1.52. The number of ether oxygens (including phenoxy) is 1. The molecule has 138 valence electrons. The highest BCUT2D eigenvalue weighted by atomic mass is 32.2. The first kappa shape index (κ1) is 19.9. The van der Waals surface area contributed by atoms with Crippen LogP contribution in [0.25, 0.3) is 5.69 Å². The molecule has 0 aliphatic heterocycles. The molecular formula is C19H22N2O4S. The van der Waals surface area contributed by atoms with Gasteiger partial charge in [0.15, 0.2) is 5.78 Å². The molecule has 0 saturated heterocycles. The number of hydrogen-bond acceptors (Lipinski definition) is 6. The average Bonchev–Trinajstić information content (AvgIpc) is 2.60. The number of thioether (sulfide) groups is 1. The van der Waals surface area contributed by atoms with Crippen molar-refractivity contribution >= 4 is 23.5 Å². The summed E-state index contributed by atoms with van der Waals surface area (Å²) in [6, 6.07) is 8.39. The van der Waals surface area contributed by atoms with Gasteiger partial charge in [-0.15, -0.1) is 11.8 Å². The lowest BCUT2D eigenvalue weighted by molar-refractivity contribution is 0.0523. The second-order valence-electron chi connectivity index (χ2n) is 6.66. The van der Waals surface area contributed by atoms with Gasteiger partial charge in [-0.2, -0.15) is 9.78 Å². The fourth-order valence-electron chi connectivity index (χ4n) is 2.26. The molecule has 0 atom stereocenters. The maximum atomic E-state index is 12.8. The molecule has 6 nitrogen and oxygen atoms in total. The molecule has 0 fully saturated rings. The summed E-state index contributed by atoms with van der Waals surface area (Å²) in [6.07, 6.45) is 1.92. The van der Waals surface area contributed by atoms with Gasteiger partial charge in [0.2, 0.25) is 0 Å². The number of carbonyl (C=O) groups is 2. The van der Waals surface area contributed by atoms with Crippen LogP contribution >= 0.6 is 11.8 Å². The van der Waals surface area contributed by atoms with Gasteiger partial charge in [0.1, 0.15) is 11.3 Å². The molecule has 0 saturated carbocycles. The molecule has 1 heterocycles. The van der Waals surface area contributed by atoms with Crippen molar-refractivity contribution in [3.63, 3.8) is 0 Å². The van der Waals surface area contributed by atoms with E-state index >= 15 is 0 Å². The molecule has 0 bridgehead atoms. The molecule has 0 unspecified atom stereocenters. The molecule has 7 heteroatoms. The first-order valence-electron chi connectivity index (χ1n) is 8.19. The lowest BCUT2D eigenvalue weighted by Gasteiger charge is -2.17. The smallest absolute Gasteiger partial charge is 0.343 e. The Balaban J connectivity index is 2.73. The highest BCUT2D eigenvalue weighted by Gasteiger charge is 2.27. The first-order valence-corrected chi connectivity index (χ1v) is 9.42. The fraction of sp³-hybridized carbons (Fsp3) is 0.368. The second kappa shape index (κ2) is 7.86. The molecule has 26 heavy (non-hydrogen) atoms. The molecule has 0 aliphatic carbocycles. The van der Waals surface area contributed by atoms with Gasteiger partial charge in [-0.1, -0.05) is 26.8 Å². The van der Waals surface area contributed by atoms with Crippen LogP contribution in [0, 0.1) is 5.41 Å². The monoisotopic (exact) mass is 374 g/mol. The third kappa shape index (κ3) is 4.22. The van der Waals surface area contributed by atoms with Crippen molar-refractivity contribution in [1.29, 1.82) is 0 Å². The highest BCUT2D eigenvalue weighted by Crippen LogP contribution is 2.21. The SMILES string of the molecule is CCOC(=O)c1cc(C(=O)C(C)(C)C)nn(-c2cccc(SC)c2)c1=O. The predicted molar refractivity (Wildman–Crippen MR) is 101 cm³/mol. The summed E-state index contributed by atoms with van der Waals surface area (Å²) in [5.41, 5.74) is -0.996. The van der Waals surface area contributed by atoms with Gasteiger partial charge >= 0.3 is 5.97 Å². The molecule has 0 aliphatic rings. The van der Waals surface area contributed by atoms with E-state index in [9.17, 15) is 14.4 Å². The molecule has 0 amide bonds. The Morgan fingerprint density at radius 1 is 1.23 bits per heavy atom. The van der Waals surface area contributed by atoms with E-state index in [2.05, 4.69) is 5.10 Å². The van der Waals surface area contributed by atoms with Gasteiger partial charge in [0.05, 0.1) is 12.3 Å². The first-order chi connectivity index (χ1) is 12.2. The molecule has 2 aromatic rings. The maximum absolute atomic E-state index is 12.8. The number of Topliss-reactive ketones (excluding diaryl/α,β-unsaturated/α-hetero) is 1. The van der Waals surface area contributed by atoms with E-state index < -0.39 is 16.9 Å². The minimum Gasteiger partial charge on any atom is -0.462 e. The zero-order chi connectivity index (χ0) is 19.5. The van der Waals surface area contributed by atoms with E-state index in [0.717, 1.165) is 9.58 Å². The zero-order valence-electron chi connectivity index (χ0n) is 15.5. The normalized spacial score (nSPS) is 11.3. The minimum atomic E-state index is -0.766. The molecular weight excluding hydrogens is 352 g/mol. The molecule has 0 radical (unpaired) electrons. The summed E-state index contributed by atoms with van der Waals surface area (Å²) < 4.78 is 6.06. The highest BCUT2D eigenvalue weighted by molar-refractivity contribution is 7.98. The summed E-state index contributed by atoms with van der Waals surface area (Å²) in [7, 11) is 0. The van der Waals surface area contributed by atoms with E-state index in [-0.39, 0.29) is 23.6 Å². The van der Waals surface area contributed by atoms with Crippen LogP contribution in [0.15, 0.2) is 40.0 Å². The van der Waals surface area contributed by atoms with Crippen molar-refractivity contribution < 1.29 is 14.3 Å². The van der Waals surface area contributed by atoms with Crippen LogP contribution in [-0.4, -0.2) is 34.4 Å². The van der Waals surface area contributed by atoms with Crippen LogP contribution in [0.3, 0.4) is 0 Å². The van der Waals surface area contributed by atoms with Crippen LogP contribution in [0.2, 0.25) is 0 Å². The number of benzene rings is 1. The third-order valence-corrected chi connectivity index (χ3v) is 4.34. The topological polar surface area (TPSA) is 78.3 Å². The van der Waals surface area contributed by atoms with E-state index in [1.807, 2.05) is 12.3 Å². The Labute approximate surface area is 156 Å². The number of rotatable bonds is 5. The molecule has 1 aromatic carbocycles. The summed E-state index contributed by atoms with van der Waals surface area (Å²) in [5.74, 6) is -1.03. The lowest BCUT2D eigenvalue weighted by Crippen LogP contribution is -2.32.